The molecule has 0 saturated heterocycles. The number of nitrogens with zero attached hydrogens (tertiary/aromatic N) is 3. The number of fused-ring (bicyclic) bond motifs is 1. The third-order valence-corrected chi connectivity index (χ3v) is 4.00. The van der Waals surface area contributed by atoms with Crippen LogP contribution < -0.4 is 5.73 Å². The van der Waals surface area contributed by atoms with Crippen molar-refractivity contribution in [2.24, 2.45) is 12.8 Å². The van der Waals surface area contributed by atoms with Crippen molar-refractivity contribution < 1.29 is 0 Å². The Balaban J connectivity index is 1.93. The molecule has 1 unspecified atom stereocenters. The zero-order valence-electron chi connectivity index (χ0n) is 12.5. The Morgan fingerprint density at radius 3 is 2.81 bits per heavy atom. The number of imidazole rings is 1. The second kappa shape index (κ2) is 5.66. The van der Waals surface area contributed by atoms with Crippen LogP contribution >= 0.6 is 0 Å². The number of para-hydroxylation sites is 2. The van der Waals surface area contributed by atoms with E-state index in [1.807, 2.05) is 43.7 Å². The summed E-state index contributed by atoms with van der Waals surface area (Å²) in [6.07, 6.45) is 5.38. The van der Waals surface area contributed by atoms with Gasteiger partial charge in [0.2, 0.25) is 0 Å². The fourth-order valence-corrected chi connectivity index (χ4v) is 2.78. The van der Waals surface area contributed by atoms with E-state index in [1.54, 1.807) is 0 Å². The van der Waals surface area contributed by atoms with Gasteiger partial charge in [-0.05, 0) is 35.7 Å². The third-order valence-electron chi connectivity index (χ3n) is 4.00. The molecule has 0 aliphatic heterocycles. The minimum absolute atomic E-state index is 0.0570. The Kier molecular flexibility index (Phi) is 3.71. The zero-order valence-corrected chi connectivity index (χ0v) is 12.5. The van der Waals surface area contributed by atoms with Gasteiger partial charge in [-0.2, -0.15) is 0 Å². The van der Waals surface area contributed by atoms with Crippen molar-refractivity contribution in [3.05, 3.63) is 59.7 Å². The molecule has 3 rings (SSSR count). The highest BCUT2D eigenvalue weighted by molar-refractivity contribution is 5.75. The molecule has 4 heteroatoms. The van der Waals surface area contributed by atoms with Gasteiger partial charge in [-0.25, -0.2) is 4.98 Å². The highest BCUT2D eigenvalue weighted by Crippen LogP contribution is 2.22. The SMILES string of the molecule is CCc1cnccc1C(N)Cc1nc2ccccc2n1C. The summed E-state index contributed by atoms with van der Waals surface area (Å²) in [4.78, 5) is 8.88. The Labute approximate surface area is 124 Å². The average molecular weight is 280 g/mol. The molecule has 0 radical (unpaired) electrons. The van der Waals surface area contributed by atoms with E-state index in [1.165, 1.54) is 11.1 Å². The second-order valence-corrected chi connectivity index (χ2v) is 5.31. The van der Waals surface area contributed by atoms with Crippen molar-refractivity contribution in [2.45, 2.75) is 25.8 Å². The maximum Gasteiger partial charge on any atom is 0.111 e. The predicted molar refractivity (Wildman–Crippen MR) is 85.0 cm³/mol. The molecule has 1 atom stereocenters. The number of aryl methyl sites for hydroxylation is 2. The maximum absolute atomic E-state index is 6.41. The summed E-state index contributed by atoms with van der Waals surface area (Å²) in [5, 5.41) is 0. The minimum atomic E-state index is -0.0570. The summed E-state index contributed by atoms with van der Waals surface area (Å²) in [7, 11) is 2.05. The number of hydrogen-bond donors (Lipinski definition) is 1. The van der Waals surface area contributed by atoms with Crippen LogP contribution in [0.1, 0.15) is 29.9 Å². The van der Waals surface area contributed by atoms with Gasteiger partial charge < -0.3 is 10.3 Å². The number of benzene rings is 1. The maximum atomic E-state index is 6.41. The molecule has 0 fully saturated rings. The Morgan fingerprint density at radius 2 is 2.05 bits per heavy atom. The van der Waals surface area contributed by atoms with Crippen LogP contribution in [0.5, 0.6) is 0 Å². The van der Waals surface area contributed by atoms with Crippen molar-refractivity contribution in [3.8, 4) is 0 Å². The largest absolute Gasteiger partial charge is 0.331 e. The van der Waals surface area contributed by atoms with Crippen LogP contribution in [0.2, 0.25) is 0 Å². The van der Waals surface area contributed by atoms with E-state index in [0.717, 1.165) is 29.7 Å². The van der Waals surface area contributed by atoms with Gasteiger partial charge in [-0.15, -0.1) is 0 Å². The number of hydrogen-bond acceptors (Lipinski definition) is 3. The number of aromatic nitrogens is 3. The molecule has 2 N–H and O–H groups in total. The summed E-state index contributed by atoms with van der Waals surface area (Å²) in [6, 6.07) is 10.1. The first-order valence-corrected chi connectivity index (χ1v) is 7.29. The van der Waals surface area contributed by atoms with Gasteiger partial charge in [0.05, 0.1) is 11.0 Å². The predicted octanol–water partition coefficient (Wildman–Crippen LogP) is 2.77. The Hall–Kier alpha value is -2.20. The van der Waals surface area contributed by atoms with Crippen LogP contribution in [0.4, 0.5) is 0 Å². The summed E-state index contributed by atoms with van der Waals surface area (Å²) >= 11 is 0. The molecule has 4 nitrogen and oxygen atoms in total. The molecule has 0 spiro atoms. The lowest BCUT2D eigenvalue weighted by atomic mass is 9.99. The van der Waals surface area contributed by atoms with Crippen LogP contribution in [-0.4, -0.2) is 14.5 Å². The minimum Gasteiger partial charge on any atom is -0.331 e. The number of pyridine rings is 1. The molecule has 0 aliphatic rings. The molecule has 1 aromatic carbocycles. The van der Waals surface area contributed by atoms with Gasteiger partial charge in [-0.1, -0.05) is 19.1 Å². The van der Waals surface area contributed by atoms with Crippen LogP contribution in [0.3, 0.4) is 0 Å². The first kappa shape index (κ1) is 13.8. The third kappa shape index (κ3) is 2.54. The molecule has 3 aromatic rings. The van der Waals surface area contributed by atoms with Gasteiger partial charge in [-0.3, -0.25) is 4.98 Å². The lowest BCUT2D eigenvalue weighted by Gasteiger charge is -2.15. The summed E-state index contributed by atoms with van der Waals surface area (Å²) in [6.45, 7) is 2.13. The van der Waals surface area contributed by atoms with Gasteiger partial charge in [0.1, 0.15) is 5.82 Å². The summed E-state index contributed by atoms with van der Waals surface area (Å²) in [5.41, 5.74) is 11.0. The van der Waals surface area contributed by atoms with E-state index >= 15 is 0 Å². The van der Waals surface area contributed by atoms with Crippen molar-refractivity contribution in [2.75, 3.05) is 0 Å². The fourth-order valence-electron chi connectivity index (χ4n) is 2.78. The average Bonchev–Trinajstić information content (AvgIpc) is 2.84. The van der Waals surface area contributed by atoms with E-state index in [-0.39, 0.29) is 6.04 Å². The molecule has 0 aliphatic carbocycles. The number of rotatable bonds is 4. The summed E-state index contributed by atoms with van der Waals surface area (Å²) in [5.74, 6) is 1.02. The Bertz CT molecular complexity index is 760. The topological polar surface area (TPSA) is 56.7 Å². The van der Waals surface area contributed by atoms with E-state index in [9.17, 15) is 0 Å². The van der Waals surface area contributed by atoms with Gasteiger partial charge in [0.25, 0.3) is 0 Å². The van der Waals surface area contributed by atoms with E-state index in [2.05, 4.69) is 22.5 Å². The van der Waals surface area contributed by atoms with Crippen molar-refractivity contribution in [3.63, 3.8) is 0 Å². The first-order chi connectivity index (χ1) is 10.2. The molecule has 0 bridgehead atoms. The summed E-state index contributed by atoms with van der Waals surface area (Å²) < 4.78 is 2.13. The standard InChI is InChI=1S/C17H20N4/c1-3-12-11-19-9-8-13(12)14(18)10-17-20-15-6-4-5-7-16(15)21(17)2/h4-9,11,14H,3,10,18H2,1-2H3. The molecule has 0 amide bonds. The molecular formula is C17H20N4. The van der Waals surface area contributed by atoms with E-state index < -0.39 is 0 Å². The fraction of sp³-hybridized carbons (Fsp3) is 0.294. The molecule has 2 heterocycles. The molecular weight excluding hydrogens is 260 g/mol. The normalized spacial score (nSPS) is 12.7. The lowest BCUT2D eigenvalue weighted by Crippen LogP contribution is -2.17. The van der Waals surface area contributed by atoms with Gasteiger partial charge in [0.15, 0.2) is 0 Å². The van der Waals surface area contributed by atoms with Crippen LogP contribution in [0, 0.1) is 0 Å². The molecule has 2 aromatic heterocycles. The molecule has 108 valence electrons. The monoisotopic (exact) mass is 280 g/mol. The van der Waals surface area contributed by atoms with Crippen molar-refractivity contribution in [1.82, 2.24) is 14.5 Å². The van der Waals surface area contributed by atoms with Crippen LogP contribution in [-0.2, 0) is 19.9 Å². The first-order valence-electron chi connectivity index (χ1n) is 7.29. The smallest absolute Gasteiger partial charge is 0.111 e. The second-order valence-electron chi connectivity index (χ2n) is 5.31. The molecule has 21 heavy (non-hydrogen) atoms. The van der Waals surface area contributed by atoms with Crippen molar-refractivity contribution in [1.29, 1.82) is 0 Å². The number of nitrogens with two attached hydrogens (primary N) is 1. The van der Waals surface area contributed by atoms with Crippen molar-refractivity contribution >= 4 is 11.0 Å². The van der Waals surface area contributed by atoms with Gasteiger partial charge in [0, 0.05) is 31.9 Å². The quantitative estimate of drug-likeness (QED) is 0.799. The highest BCUT2D eigenvalue weighted by Gasteiger charge is 2.15. The van der Waals surface area contributed by atoms with Crippen LogP contribution in [0.15, 0.2) is 42.7 Å². The van der Waals surface area contributed by atoms with E-state index in [0.29, 0.717) is 0 Å². The molecule has 0 saturated carbocycles. The Morgan fingerprint density at radius 1 is 1.24 bits per heavy atom. The van der Waals surface area contributed by atoms with Gasteiger partial charge >= 0.3 is 0 Å². The van der Waals surface area contributed by atoms with E-state index in [4.69, 9.17) is 10.7 Å². The van der Waals surface area contributed by atoms with Crippen LogP contribution in [0.25, 0.3) is 11.0 Å². The zero-order chi connectivity index (χ0) is 14.8. The highest BCUT2D eigenvalue weighted by atomic mass is 15.1. The lowest BCUT2D eigenvalue weighted by molar-refractivity contribution is 0.658.